The number of sulfonamides is 1. The van der Waals surface area contributed by atoms with Crippen molar-refractivity contribution >= 4 is 26.0 Å². The van der Waals surface area contributed by atoms with E-state index < -0.39 is 10.0 Å². The molecule has 1 fully saturated rings. The monoisotopic (exact) mass is 364 g/mol. The number of hydrogen-bond donors (Lipinski definition) is 2. The van der Waals surface area contributed by atoms with Crippen LogP contribution in [0.25, 0.3) is 0 Å². The second kappa shape index (κ2) is 6.60. The molecular weight excluding hydrogens is 344 g/mol. The molecular formula is C13H21BrN2O3S. The first-order chi connectivity index (χ1) is 9.42. The minimum atomic E-state index is -3.50. The van der Waals surface area contributed by atoms with Crippen LogP contribution in [0.4, 0.5) is 0 Å². The molecule has 114 valence electrons. The van der Waals surface area contributed by atoms with Gasteiger partial charge < -0.3 is 9.73 Å². The maximum Gasteiger partial charge on any atom is 0.245 e. The van der Waals surface area contributed by atoms with E-state index in [4.69, 9.17) is 4.42 Å². The van der Waals surface area contributed by atoms with Crippen LogP contribution in [0.5, 0.6) is 0 Å². The Morgan fingerprint density at radius 2 is 2.15 bits per heavy atom. The van der Waals surface area contributed by atoms with Gasteiger partial charge in [0.25, 0.3) is 0 Å². The number of furan rings is 1. The van der Waals surface area contributed by atoms with Crippen LogP contribution in [0.1, 0.15) is 38.9 Å². The molecule has 0 radical (unpaired) electrons. The Morgan fingerprint density at radius 3 is 2.75 bits per heavy atom. The summed E-state index contributed by atoms with van der Waals surface area (Å²) >= 11 is 3.19. The standard InChI is InChI=1S/C13H21BrN2O3S/c1-3-4-15-8-11-7-12(13(14)19-11)20(17,18)16-10-5-9(2)6-10/h7,9-10,15-16H,3-6,8H2,1-2H3. The maximum atomic E-state index is 12.3. The largest absolute Gasteiger partial charge is 0.452 e. The average molecular weight is 365 g/mol. The minimum Gasteiger partial charge on any atom is -0.452 e. The summed E-state index contributed by atoms with van der Waals surface area (Å²) in [6, 6.07) is 1.63. The Balaban J connectivity index is 2.03. The lowest BCUT2D eigenvalue weighted by atomic mass is 9.83. The molecule has 0 aromatic carbocycles. The molecule has 1 aliphatic carbocycles. The van der Waals surface area contributed by atoms with E-state index in [1.165, 1.54) is 0 Å². The van der Waals surface area contributed by atoms with Crippen LogP contribution in [0, 0.1) is 5.92 Å². The molecule has 0 unspecified atom stereocenters. The molecule has 1 aromatic heterocycles. The summed E-state index contributed by atoms with van der Waals surface area (Å²) in [5, 5.41) is 3.18. The summed E-state index contributed by atoms with van der Waals surface area (Å²) < 4.78 is 33.0. The van der Waals surface area contributed by atoms with Crippen LogP contribution in [0.3, 0.4) is 0 Å². The van der Waals surface area contributed by atoms with Gasteiger partial charge in [-0.05, 0) is 47.7 Å². The van der Waals surface area contributed by atoms with Crippen LogP contribution in [0.15, 0.2) is 20.0 Å². The fraction of sp³-hybridized carbons (Fsp3) is 0.692. The molecule has 0 saturated heterocycles. The molecule has 5 nitrogen and oxygen atoms in total. The quantitative estimate of drug-likeness (QED) is 0.729. The number of nitrogens with one attached hydrogen (secondary N) is 2. The van der Waals surface area contributed by atoms with Crippen molar-refractivity contribution in [2.45, 2.75) is 50.6 Å². The highest BCUT2D eigenvalue weighted by molar-refractivity contribution is 9.10. The van der Waals surface area contributed by atoms with Crippen molar-refractivity contribution in [2.24, 2.45) is 5.92 Å². The van der Waals surface area contributed by atoms with Crippen molar-refractivity contribution in [2.75, 3.05) is 6.54 Å². The predicted octanol–water partition coefficient (Wildman–Crippen LogP) is 2.62. The number of halogens is 1. The van der Waals surface area contributed by atoms with Gasteiger partial charge in [0.05, 0.1) is 6.54 Å². The summed E-state index contributed by atoms with van der Waals surface area (Å²) in [5.74, 6) is 1.22. The lowest BCUT2D eigenvalue weighted by molar-refractivity contribution is 0.270. The van der Waals surface area contributed by atoms with E-state index in [0.717, 1.165) is 25.8 Å². The molecule has 0 aliphatic heterocycles. The van der Waals surface area contributed by atoms with E-state index in [0.29, 0.717) is 18.2 Å². The summed E-state index contributed by atoms with van der Waals surface area (Å²) in [6.07, 6.45) is 2.83. The molecule has 0 amide bonds. The lowest BCUT2D eigenvalue weighted by Crippen LogP contribution is -2.43. The molecule has 1 heterocycles. The van der Waals surface area contributed by atoms with E-state index in [-0.39, 0.29) is 15.6 Å². The van der Waals surface area contributed by atoms with Crippen LogP contribution in [-0.2, 0) is 16.6 Å². The van der Waals surface area contributed by atoms with E-state index in [9.17, 15) is 8.42 Å². The summed E-state index contributed by atoms with van der Waals surface area (Å²) in [5.41, 5.74) is 0. The van der Waals surface area contributed by atoms with Gasteiger partial charge in [0.15, 0.2) is 4.67 Å². The Hall–Kier alpha value is -0.370. The number of hydrogen-bond acceptors (Lipinski definition) is 4. The number of rotatable bonds is 7. The highest BCUT2D eigenvalue weighted by Gasteiger charge is 2.31. The van der Waals surface area contributed by atoms with Crippen molar-refractivity contribution in [3.63, 3.8) is 0 Å². The average Bonchev–Trinajstić information content (AvgIpc) is 2.69. The van der Waals surface area contributed by atoms with Crippen molar-refractivity contribution in [1.29, 1.82) is 0 Å². The topological polar surface area (TPSA) is 71.3 Å². The lowest BCUT2D eigenvalue weighted by Gasteiger charge is -2.32. The third-order valence-electron chi connectivity index (χ3n) is 3.42. The van der Waals surface area contributed by atoms with Gasteiger partial charge in [-0.25, -0.2) is 13.1 Å². The van der Waals surface area contributed by atoms with Gasteiger partial charge in [0.1, 0.15) is 10.7 Å². The second-order valence-corrected chi connectivity index (χ2v) is 7.82. The minimum absolute atomic E-state index is 0.0541. The third-order valence-corrected chi connectivity index (χ3v) is 5.80. The molecule has 0 spiro atoms. The van der Waals surface area contributed by atoms with Gasteiger partial charge >= 0.3 is 0 Å². The smallest absolute Gasteiger partial charge is 0.245 e. The van der Waals surface area contributed by atoms with E-state index in [1.807, 2.05) is 0 Å². The SMILES string of the molecule is CCCNCc1cc(S(=O)(=O)NC2CC(C)C2)c(Br)o1. The summed E-state index contributed by atoms with van der Waals surface area (Å²) in [6.45, 7) is 5.60. The maximum absolute atomic E-state index is 12.3. The van der Waals surface area contributed by atoms with Crippen LogP contribution >= 0.6 is 15.9 Å². The molecule has 1 aromatic rings. The van der Waals surface area contributed by atoms with Crippen LogP contribution in [0.2, 0.25) is 0 Å². The van der Waals surface area contributed by atoms with E-state index in [1.54, 1.807) is 6.07 Å². The molecule has 2 N–H and O–H groups in total. The normalized spacial score (nSPS) is 22.8. The van der Waals surface area contributed by atoms with Crippen molar-refractivity contribution in [3.8, 4) is 0 Å². The first-order valence-electron chi connectivity index (χ1n) is 6.93. The van der Waals surface area contributed by atoms with Gasteiger partial charge in [-0.15, -0.1) is 0 Å². The second-order valence-electron chi connectivity index (χ2n) is 5.42. The van der Waals surface area contributed by atoms with Crippen molar-refractivity contribution < 1.29 is 12.8 Å². The first-order valence-corrected chi connectivity index (χ1v) is 9.21. The van der Waals surface area contributed by atoms with Crippen LogP contribution < -0.4 is 10.0 Å². The van der Waals surface area contributed by atoms with Crippen molar-refractivity contribution in [3.05, 3.63) is 16.5 Å². The van der Waals surface area contributed by atoms with Crippen LogP contribution in [-0.4, -0.2) is 21.0 Å². The fourth-order valence-corrected chi connectivity index (χ4v) is 4.60. The van der Waals surface area contributed by atoms with Gasteiger partial charge in [-0.1, -0.05) is 13.8 Å². The highest BCUT2D eigenvalue weighted by Crippen LogP contribution is 2.30. The Kier molecular flexibility index (Phi) is 5.28. The molecule has 2 rings (SSSR count). The fourth-order valence-electron chi connectivity index (χ4n) is 2.34. The van der Waals surface area contributed by atoms with Gasteiger partial charge in [0, 0.05) is 12.1 Å². The molecule has 20 heavy (non-hydrogen) atoms. The molecule has 0 atom stereocenters. The predicted molar refractivity (Wildman–Crippen MR) is 80.9 cm³/mol. The van der Waals surface area contributed by atoms with Gasteiger partial charge in [-0.2, -0.15) is 0 Å². The Bertz CT molecular complexity index is 550. The Morgan fingerprint density at radius 1 is 1.45 bits per heavy atom. The summed E-state index contributed by atoms with van der Waals surface area (Å²) in [7, 11) is -3.50. The van der Waals surface area contributed by atoms with Gasteiger partial charge in [0.2, 0.25) is 10.0 Å². The third kappa shape index (κ3) is 3.84. The zero-order chi connectivity index (χ0) is 14.8. The summed E-state index contributed by atoms with van der Waals surface area (Å²) in [4.78, 5) is 0.186. The zero-order valence-electron chi connectivity index (χ0n) is 11.8. The molecule has 7 heteroatoms. The first kappa shape index (κ1) is 16.0. The molecule has 1 saturated carbocycles. The van der Waals surface area contributed by atoms with Crippen molar-refractivity contribution in [1.82, 2.24) is 10.0 Å². The highest BCUT2D eigenvalue weighted by atomic mass is 79.9. The zero-order valence-corrected chi connectivity index (χ0v) is 14.2. The molecule has 0 bridgehead atoms. The van der Waals surface area contributed by atoms with E-state index in [2.05, 4.69) is 39.8 Å². The van der Waals surface area contributed by atoms with Gasteiger partial charge in [-0.3, -0.25) is 0 Å². The molecule has 1 aliphatic rings. The Labute approximate surface area is 128 Å². The van der Waals surface area contributed by atoms with E-state index >= 15 is 0 Å².